The van der Waals surface area contributed by atoms with E-state index in [0.29, 0.717) is 4.31 Å². The summed E-state index contributed by atoms with van der Waals surface area (Å²) in [6.07, 6.45) is -4.69. The quantitative estimate of drug-likeness (QED) is 0.839. The Hall–Kier alpha value is -1.28. The second-order valence-corrected chi connectivity index (χ2v) is 4.78. The van der Waals surface area contributed by atoms with Crippen molar-refractivity contribution in [3.05, 3.63) is 30.3 Å². The standard InChI is InChI=1S/C9H10F3NO3S/c1-13(8-5-3-2-4-6-8)17(14,15)16-7-9(10,11)12/h2-6H,7H2,1H3. The Morgan fingerprint density at radius 1 is 1.24 bits per heavy atom. The molecule has 0 aliphatic rings. The molecule has 0 aromatic heterocycles. The van der Waals surface area contributed by atoms with E-state index in [2.05, 4.69) is 4.18 Å². The molecule has 0 radical (unpaired) electrons. The fraction of sp³-hybridized carbons (Fsp3) is 0.333. The molecule has 0 atom stereocenters. The molecule has 0 N–H and O–H groups in total. The van der Waals surface area contributed by atoms with Crippen molar-refractivity contribution < 1.29 is 25.8 Å². The third-order valence-electron chi connectivity index (χ3n) is 1.83. The van der Waals surface area contributed by atoms with E-state index >= 15 is 0 Å². The lowest BCUT2D eigenvalue weighted by Crippen LogP contribution is -2.31. The van der Waals surface area contributed by atoms with Crippen LogP contribution in [-0.2, 0) is 14.5 Å². The van der Waals surface area contributed by atoms with Gasteiger partial charge in [0.1, 0.15) is 0 Å². The van der Waals surface area contributed by atoms with Crippen molar-refractivity contribution in [3.8, 4) is 0 Å². The monoisotopic (exact) mass is 269 g/mol. The average molecular weight is 269 g/mol. The molecule has 17 heavy (non-hydrogen) atoms. The molecule has 96 valence electrons. The van der Waals surface area contributed by atoms with Crippen molar-refractivity contribution in [2.24, 2.45) is 0 Å². The fourth-order valence-corrected chi connectivity index (χ4v) is 1.81. The van der Waals surface area contributed by atoms with E-state index in [-0.39, 0.29) is 5.69 Å². The largest absolute Gasteiger partial charge is 0.413 e. The van der Waals surface area contributed by atoms with Crippen molar-refractivity contribution >= 4 is 16.0 Å². The summed E-state index contributed by atoms with van der Waals surface area (Å²) in [5.41, 5.74) is 0.217. The molecule has 0 spiro atoms. The molecule has 0 aliphatic carbocycles. The van der Waals surface area contributed by atoms with Gasteiger partial charge in [0.25, 0.3) is 0 Å². The van der Waals surface area contributed by atoms with Crippen LogP contribution in [0.1, 0.15) is 0 Å². The Labute approximate surface area is 96.9 Å². The van der Waals surface area contributed by atoms with Crippen LogP contribution in [0.4, 0.5) is 18.9 Å². The van der Waals surface area contributed by atoms with Gasteiger partial charge in [-0.3, -0.25) is 4.31 Å². The van der Waals surface area contributed by atoms with Gasteiger partial charge < -0.3 is 0 Å². The average Bonchev–Trinajstić information content (AvgIpc) is 2.26. The van der Waals surface area contributed by atoms with Gasteiger partial charge in [-0.1, -0.05) is 18.2 Å². The number of rotatable bonds is 4. The predicted molar refractivity (Wildman–Crippen MR) is 55.8 cm³/mol. The summed E-state index contributed by atoms with van der Waals surface area (Å²) in [5, 5.41) is 0. The fourth-order valence-electron chi connectivity index (χ4n) is 0.987. The van der Waals surface area contributed by atoms with E-state index in [4.69, 9.17) is 0 Å². The minimum absolute atomic E-state index is 0.217. The van der Waals surface area contributed by atoms with Crippen LogP contribution in [0.5, 0.6) is 0 Å². The van der Waals surface area contributed by atoms with Crippen molar-refractivity contribution in [3.63, 3.8) is 0 Å². The second-order valence-electron chi connectivity index (χ2n) is 3.14. The summed E-state index contributed by atoms with van der Waals surface area (Å²) >= 11 is 0. The molecule has 8 heteroatoms. The molecule has 1 rings (SSSR count). The van der Waals surface area contributed by atoms with E-state index in [9.17, 15) is 21.6 Å². The Bertz CT molecular complexity index is 458. The maximum Gasteiger partial charge on any atom is 0.413 e. The third kappa shape index (κ3) is 4.23. The Balaban J connectivity index is 2.78. The van der Waals surface area contributed by atoms with Gasteiger partial charge in [0.2, 0.25) is 0 Å². The summed E-state index contributed by atoms with van der Waals surface area (Å²) < 4.78 is 62.8. The van der Waals surface area contributed by atoms with Gasteiger partial charge in [-0.15, -0.1) is 0 Å². The summed E-state index contributed by atoms with van der Waals surface area (Å²) in [7, 11) is -3.32. The van der Waals surface area contributed by atoms with Gasteiger partial charge in [-0.05, 0) is 12.1 Å². The molecule has 0 saturated carbocycles. The highest BCUT2D eigenvalue weighted by Crippen LogP contribution is 2.20. The number of hydrogen-bond donors (Lipinski definition) is 0. The van der Waals surface area contributed by atoms with Gasteiger partial charge in [0.15, 0.2) is 6.61 Å². The van der Waals surface area contributed by atoms with Gasteiger partial charge >= 0.3 is 16.5 Å². The molecule has 1 aromatic carbocycles. The summed E-state index contributed by atoms with van der Waals surface area (Å²) in [4.78, 5) is 0. The first-order chi connectivity index (χ1) is 7.72. The zero-order valence-corrected chi connectivity index (χ0v) is 9.62. The summed E-state index contributed by atoms with van der Waals surface area (Å²) in [6.45, 7) is -1.84. The molecular formula is C9H10F3NO3S. The zero-order valence-electron chi connectivity index (χ0n) is 8.81. The summed E-state index contributed by atoms with van der Waals surface area (Å²) in [5.74, 6) is 0. The van der Waals surface area contributed by atoms with Crippen LogP contribution >= 0.6 is 0 Å². The highest BCUT2D eigenvalue weighted by molar-refractivity contribution is 7.88. The van der Waals surface area contributed by atoms with Crippen LogP contribution in [0.2, 0.25) is 0 Å². The number of halogens is 3. The second kappa shape index (κ2) is 4.92. The minimum Gasteiger partial charge on any atom is -0.251 e. The predicted octanol–water partition coefficient (Wildman–Crippen LogP) is 1.95. The normalized spacial score (nSPS) is 12.5. The maximum absolute atomic E-state index is 11.8. The van der Waals surface area contributed by atoms with Crippen LogP contribution in [0, 0.1) is 0 Å². The molecule has 0 fully saturated rings. The third-order valence-corrected chi connectivity index (χ3v) is 3.12. The molecule has 0 amide bonds. The highest BCUT2D eigenvalue weighted by atomic mass is 32.2. The lowest BCUT2D eigenvalue weighted by atomic mass is 10.3. The van der Waals surface area contributed by atoms with Gasteiger partial charge in [0.05, 0.1) is 5.69 Å². The summed E-state index contributed by atoms with van der Waals surface area (Å²) in [6, 6.07) is 7.65. The number of para-hydroxylation sites is 1. The van der Waals surface area contributed by atoms with E-state index in [1.54, 1.807) is 18.2 Å². The van der Waals surface area contributed by atoms with Gasteiger partial charge in [-0.25, -0.2) is 4.18 Å². The van der Waals surface area contributed by atoms with Crippen molar-refractivity contribution in [2.45, 2.75) is 6.18 Å². The number of hydrogen-bond acceptors (Lipinski definition) is 3. The molecule has 0 unspecified atom stereocenters. The van der Waals surface area contributed by atoms with Crippen LogP contribution in [0.25, 0.3) is 0 Å². The topological polar surface area (TPSA) is 46.6 Å². The maximum atomic E-state index is 11.8. The van der Waals surface area contributed by atoms with Crippen molar-refractivity contribution in [1.82, 2.24) is 0 Å². The molecule has 0 saturated heterocycles. The molecule has 0 aliphatic heterocycles. The lowest BCUT2D eigenvalue weighted by molar-refractivity contribution is -0.152. The lowest BCUT2D eigenvalue weighted by Gasteiger charge is -2.19. The van der Waals surface area contributed by atoms with Crippen LogP contribution in [0.15, 0.2) is 30.3 Å². The van der Waals surface area contributed by atoms with Crippen LogP contribution < -0.4 is 4.31 Å². The first-order valence-electron chi connectivity index (χ1n) is 4.47. The Morgan fingerprint density at radius 2 is 1.76 bits per heavy atom. The molecule has 0 bridgehead atoms. The molecular weight excluding hydrogens is 259 g/mol. The minimum atomic E-state index is -4.69. The number of nitrogens with zero attached hydrogens (tertiary/aromatic N) is 1. The van der Waals surface area contributed by atoms with E-state index in [0.717, 1.165) is 7.05 Å². The highest BCUT2D eigenvalue weighted by Gasteiger charge is 2.32. The number of benzene rings is 1. The first-order valence-corrected chi connectivity index (χ1v) is 5.84. The Morgan fingerprint density at radius 3 is 2.24 bits per heavy atom. The smallest absolute Gasteiger partial charge is 0.251 e. The van der Waals surface area contributed by atoms with E-state index < -0.39 is 23.1 Å². The number of alkyl halides is 3. The van der Waals surface area contributed by atoms with Crippen molar-refractivity contribution in [1.29, 1.82) is 0 Å². The zero-order chi connectivity index (χ0) is 13.1. The molecule has 0 heterocycles. The van der Waals surface area contributed by atoms with Crippen LogP contribution in [0.3, 0.4) is 0 Å². The number of anilines is 1. The van der Waals surface area contributed by atoms with E-state index in [1.807, 2.05) is 0 Å². The Kier molecular flexibility index (Phi) is 3.99. The van der Waals surface area contributed by atoms with Gasteiger partial charge in [-0.2, -0.15) is 21.6 Å². The van der Waals surface area contributed by atoms with Gasteiger partial charge in [0, 0.05) is 7.05 Å². The molecule has 1 aromatic rings. The van der Waals surface area contributed by atoms with Crippen LogP contribution in [-0.4, -0.2) is 28.2 Å². The van der Waals surface area contributed by atoms with Crippen molar-refractivity contribution in [2.75, 3.05) is 18.0 Å². The first kappa shape index (κ1) is 13.8. The SMILES string of the molecule is CN(c1ccccc1)S(=O)(=O)OCC(F)(F)F. The molecule has 4 nitrogen and oxygen atoms in total. The van der Waals surface area contributed by atoms with E-state index in [1.165, 1.54) is 12.1 Å².